The Labute approximate surface area is 101 Å². The van der Waals surface area contributed by atoms with Crippen LogP contribution in [0.5, 0.6) is 5.88 Å². The summed E-state index contributed by atoms with van der Waals surface area (Å²) in [5, 5.41) is 0. The van der Waals surface area contributed by atoms with Crippen LogP contribution < -0.4 is 4.74 Å². The first-order valence-corrected chi connectivity index (χ1v) is 6.40. The standard InChI is InChI=1S/C14H18N2O/c1-17-14-9-5-8-13-15-12(10-16(13)14)11-6-3-2-4-7-11/h5,8-11H,2-4,6-7H2,1H3. The van der Waals surface area contributed by atoms with Crippen LogP contribution in [0.25, 0.3) is 5.65 Å². The maximum Gasteiger partial charge on any atom is 0.198 e. The van der Waals surface area contributed by atoms with E-state index in [4.69, 9.17) is 9.72 Å². The van der Waals surface area contributed by atoms with Crippen molar-refractivity contribution in [3.05, 3.63) is 30.1 Å². The third kappa shape index (κ3) is 1.90. The molecule has 1 aliphatic rings. The zero-order chi connectivity index (χ0) is 11.7. The fourth-order valence-corrected chi connectivity index (χ4v) is 2.77. The third-order valence-electron chi connectivity index (χ3n) is 3.71. The number of hydrogen-bond donors (Lipinski definition) is 0. The molecule has 0 N–H and O–H groups in total. The predicted octanol–water partition coefficient (Wildman–Crippen LogP) is 3.39. The first-order valence-electron chi connectivity index (χ1n) is 6.40. The minimum Gasteiger partial charge on any atom is -0.482 e. The molecule has 0 saturated heterocycles. The van der Waals surface area contributed by atoms with Crippen molar-refractivity contribution in [1.82, 2.24) is 9.38 Å². The van der Waals surface area contributed by atoms with E-state index in [0.29, 0.717) is 5.92 Å². The minimum atomic E-state index is 0.647. The van der Waals surface area contributed by atoms with E-state index >= 15 is 0 Å². The van der Waals surface area contributed by atoms with Gasteiger partial charge in [-0.15, -0.1) is 0 Å². The number of imidazole rings is 1. The molecule has 2 aromatic rings. The quantitative estimate of drug-likeness (QED) is 0.790. The van der Waals surface area contributed by atoms with Crippen molar-refractivity contribution in [2.45, 2.75) is 38.0 Å². The molecule has 0 unspecified atom stereocenters. The van der Waals surface area contributed by atoms with E-state index in [-0.39, 0.29) is 0 Å². The van der Waals surface area contributed by atoms with Crippen LogP contribution in [0.4, 0.5) is 0 Å². The molecular formula is C14H18N2O. The van der Waals surface area contributed by atoms with Crippen molar-refractivity contribution in [2.75, 3.05) is 7.11 Å². The van der Waals surface area contributed by atoms with Gasteiger partial charge in [0.15, 0.2) is 5.88 Å². The second kappa shape index (κ2) is 4.40. The first kappa shape index (κ1) is 10.6. The van der Waals surface area contributed by atoms with Crippen molar-refractivity contribution >= 4 is 5.65 Å². The van der Waals surface area contributed by atoms with Crippen molar-refractivity contribution in [2.24, 2.45) is 0 Å². The monoisotopic (exact) mass is 230 g/mol. The summed E-state index contributed by atoms with van der Waals surface area (Å²) in [6, 6.07) is 6.00. The summed E-state index contributed by atoms with van der Waals surface area (Å²) in [4.78, 5) is 4.73. The molecule has 0 radical (unpaired) electrons. The van der Waals surface area contributed by atoms with Gasteiger partial charge in [-0.2, -0.15) is 0 Å². The van der Waals surface area contributed by atoms with Crippen LogP contribution >= 0.6 is 0 Å². The number of ether oxygens (including phenoxy) is 1. The van der Waals surface area contributed by atoms with E-state index in [1.54, 1.807) is 7.11 Å². The summed E-state index contributed by atoms with van der Waals surface area (Å²) in [5.41, 5.74) is 2.22. The number of pyridine rings is 1. The van der Waals surface area contributed by atoms with Gasteiger partial charge in [-0.1, -0.05) is 25.3 Å². The first-order chi connectivity index (χ1) is 8.38. The molecule has 0 spiro atoms. The molecule has 2 heterocycles. The molecule has 0 aromatic carbocycles. The van der Waals surface area contributed by atoms with Crippen molar-refractivity contribution in [1.29, 1.82) is 0 Å². The van der Waals surface area contributed by atoms with Crippen LogP contribution in [-0.4, -0.2) is 16.5 Å². The van der Waals surface area contributed by atoms with Crippen LogP contribution in [0.2, 0.25) is 0 Å². The number of aromatic nitrogens is 2. The van der Waals surface area contributed by atoms with Crippen molar-refractivity contribution in [3.8, 4) is 5.88 Å². The lowest BCUT2D eigenvalue weighted by Crippen LogP contribution is -2.04. The Balaban J connectivity index is 2.00. The molecular weight excluding hydrogens is 212 g/mol. The van der Waals surface area contributed by atoms with Gasteiger partial charge in [-0.05, 0) is 25.0 Å². The van der Waals surface area contributed by atoms with E-state index < -0.39 is 0 Å². The molecule has 1 saturated carbocycles. The molecule has 3 heteroatoms. The Morgan fingerprint density at radius 3 is 2.82 bits per heavy atom. The SMILES string of the molecule is COc1cccc2nc(C3CCCCC3)cn12. The lowest BCUT2D eigenvalue weighted by atomic mass is 9.87. The number of hydrogen-bond acceptors (Lipinski definition) is 2. The summed E-state index contributed by atoms with van der Waals surface area (Å²) in [6.45, 7) is 0. The average Bonchev–Trinajstić information content (AvgIpc) is 2.83. The lowest BCUT2D eigenvalue weighted by molar-refractivity contribution is 0.392. The van der Waals surface area contributed by atoms with Crippen LogP contribution in [0.15, 0.2) is 24.4 Å². The van der Waals surface area contributed by atoms with Crippen LogP contribution in [0.1, 0.15) is 43.7 Å². The molecule has 1 fully saturated rings. The zero-order valence-corrected chi connectivity index (χ0v) is 10.2. The fraction of sp³-hybridized carbons (Fsp3) is 0.500. The fourth-order valence-electron chi connectivity index (χ4n) is 2.77. The lowest BCUT2D eigenvalue weighted by Gasteiger charge is -2.19. The Kier molecular flexibility index (Phi) is 2.75. The Morgan fingerprint density at radius 2 is 2.06 bits per heavy atom. The summed E-state index contributed by atoms with van der Waals surface area (Å²) in [5.74, 6) is 1.51. The molecule has 1 aliphatic carbocycles. The number of nitrogens with zero attached hydrogens (tertiary/aromatic N) is 2. The normalized spacial score (nSPS) is 17.5. The van der Waals surface area contributed by atoms with Gasteiger partial charge in [-0.25, -0.2) is 4.98 Å². The van der Waals surface area contributed by atoms with Gasteiger partial charge in [0.2, 0.25) is 0 Å². The van der Waals surface area contributed by atoms with Gasteiger partial charge in [-0.3, -0.25) is 4.40 Å². The van der Waals surface area contributed by atoms with Gasteiger partial charge in [0.25, 0.3) is 0 Å². The van der Waals surface area contributed by atoms with E-state index in [2.05, 4.69) is 6.20 Å². The summed E-state index contributed by atoms with van der Waals surface area (Å²) < 4.78 is 7.40. The second-order valence-electron chi connectivity index (χ2n) is 4.80. The predicted molar refractivity (Wildman–Crippen MR) is 67.6 cm³/mol. The van der Waals surface area contributed by atoms with Gasteiger partial charge in [0.1, 0.15) is 5.65 Å². The van der Waals surface area contributed by atoms with Crippen molar-refractivity contribution < 1.29 is 4.74 Å². The average molecular weight is 230 g/mol. The summed E-state index contributed by atoms with van der Waals surface area (Å²) >= 11 is 0. The molecule has 0 aliphatic heterocycles. The number of fused-ring (bicyclic) bond motifs is 1. The smallest absolute Gasteiger partial charge is 0.198 e. The maximum absolute atomic E-state index is 5.35. The zero-order valence-electron chi connectivity index (χ0n) is 10.2. The van der Waals surface area contributed by atoms with Crippen LogP contribution in [-0.2, 0) is 0 Å². The highest BCUT2D eigenvalue weighted by molar-refractivity contribution is 5.44. The van der Waals surface area contributed by atoms with Gasteiger partial charge in [0.05, 0.1) is 12.8 Å². The molecule has 17 heavy (non-hydrogen) atoms. The second-order valence-corrected chi connectivity index (χ2v) is 4.80. The van der Waals surface area contributed by atoms with E-state index in [0.717, 1.165) is 11.5 Å². The Bertz CT molecular complexity index is 512. The highest BCUT2D eigenvalue weighted by Crippen LogP contribution is 2.32. The molecule has 90 valence electrons. The summed E-state index contributed by atoms with van der Waals surface area (Å²) in [7, 11) is 1.70. The highest BCUT2D eigenvalue weighted by Gasteiger charge is 2.18. The van der Waals surface area contributed by atoms with E-state index in [1.807, 2.05) is 22.6 Å². The van der Waals surface area contributed by atoms with E-state index in [9.17, 15) is 0 Å². The minimum absolute atomic E-state index is 0.647. The molecule has 0 amide bonds. The molecule has 0 bridgehead atoms. The molecule has 0 atom stereocenters. The molecule has 2 aromatic heterocycles. The molecule has 3 nitrogen and oxygen atoms in total. The van der Waals surface area contributed by atoms with Gasteiger partial charge < -0.3 is 4.74 Å². The molecule has 3 rings (SSSR count). The van der Waals surface area contributed by atoms with Gasteiger partial charge in [0, 0.05) is 12.1 Å². The third-order valence-corrected chi connectivity index (χ3v) is 3.71. The Morgan fingerprint density at radius 1 is 1.24 bits per heavy atom. The van der Waals surface area contributed by atoms with Crippen LogP contribution in [0.3, 0.4) is 0 Å². The summed E-state index contributed by atoms with van der Waals surface area (Å²) in [6.07, 6.45) is 8.78. The Hall–Kier alpha value is -1.51. The topological polar surface area (TPSA) is 26.5 Å². The highest BCUT2D eigenvalue weighted by atomic mass is 16.5. The van der Waals surface area contributed by atoms with E-state index in [1.165, 1.54) is 37.8 Å². The van der Waals surface area contributed by atoms with Crippen LogP contribution in [0, 0.1) is 0 Å². The van der Waals surface area contributed by atoms with Gasteiger partial charge >= 0.3 is 0 Å². The number of methoxy groups -OCH3 is 1. The number of rotatable bonds is 2. The maximum atomic E-state index is 5.35. The largest absolute Gasteiger partial charge is 0.482 e. The van der Waals surface area contributed by atoms with Crippen molar-refractivity contribution in [3.63, 3.8) is 0 Å².